The summed E-state index contributed by atoms with van der Waals surface area (Å²) in [5, 5.41) is 0. The highest BCUT2D eigenvalue weighted by molar-refractivity contribution is 5.68. The Labute approximate surface area is 60.5 Å². The molecule has 0 N–H and O–H groups in total. The number of rotatable bonds is 2. The van der Waals surface area contributed by atoms with Crippen LogP contribution in [0.15, 0.2) is 31.8 Å². The van der Waals surface area contributed by atoms with Gasteiger partial charge in [-0.05, 0) is 5.57 Å². The monoisotopic (exact) mass is 134 g/mol. The van der Waals surface area contributed by atoms with Crippen molar-refractivity contribution in [1.82, 2.24) is 9.55 Å². The predicted octanol–water partition coefficient (Wildman–Crippen LogP) is 1.62. The maximum absolute atomic E-state index is 3.95. The van der Waals surface area contributed by atoms with E-state index >= 15 is 0 Å². The zero-order valence-electron chi connectivity index (χ0n) is 6.04. The molecule has 0 amide bonds. The third kappa shape index (κ3) is 1.00. The zero-order valence-corrected chi connectivity index (χ0v) is 6.04. The Bertz CT molecular complexity index is 258. The Morgan fingerprint density at radius 2 is 2.50 bits per heavy atom. The molecule has 0 bridgehead atoms. The summed E-state index contributed by atoms with van der Waals surface area (Å²) in [6.07, 6.45) is 5.23. The van der Waals surface area contributed by atoms with Crippen molar-refractivity contribution in [2.75, 3.05) is 0 Å². The largest absolute Gasteiger partial charge is 0.334 e. The first kappa shape index (κ1) is 6.81. The highest BCUT2D eigenvalue weighted by Gasteiger charge is 1.97. The summed E-state index contributed by atoms with van der Waals surface area (Å²) in [5.41, 5.74) is 1.91. The number of aromatic nitrogens is 2. The minimum atomic E-state index is 0.903. The number of aryl methyl sites for hydroxylation is 1. The van der Waals surface area contributed by atoms with Crippen LogP contribution in [0, 0.1) is 0 Å². The predicted molar refractivity (Wildman–Crippen MR) is 42.4 cm³/mol. The van der Waals surface area contributed by atoms with Gasteiger partial charge in [-0.25, -0.2) is 4.98 Å². The van der Waals surface area contributed by atoms with Crippen molar-refractivity contribution in [3.8, 4) is 0 Å². The van der Waals surface area contributed by atoms with Gasteiger partial charge >= 0.3 is 0 Å². The Kier molecular flexibility index (Phi) is 1.71. The van der Waals surface area contributed by atoms with E-state index in [1.54, 1.807) is 18.6 Å². The molecule has 0 aliphatic rings. The lowest BCUT2D eigenvalue weighted by Crippen LogP contribution is -1.90. The van der Waals surface area contributed by atoms with Crippen molar-refractivity contribution in [2.45, 2.75) is 0 Å². The topological polar surface area (TPSA) is 17.8 Å². The van der Waals surface area contributed by atoms with Gasteiger partial charge in [0.05, 0.1) is 18.2 Å². The van der Waals surface area contributed by atoms with Gasteiger partial charge in [0.2, 0.25) is 0 Å². The maximum atomic E-state index is 3.95. The fraction of sp³-hybridized carbons (Fsp3) is 0.125. The summed E-state index contributed by atoms with van der Waals surface area (Å²) in [7, 11) is 1.93. The summed E-state index contributed by atoms with van der Waals surface area (Å²) in [6.45, 7) is 7.41. The fourth-order valence-corrected chi connectivity index (χ4v) is 0.771. The Balaban J connectivity index is 3.04. The molecule has 52 valence electrons. The third-order valence-electron chi connectivity index (χ3n) is 1.39. The van der Waals surface area contributed by atoms with E-state index in [9.17, 15) is 0 Å². The average molecular weight is 134 g/mol. The van der Waals surface area contributed by atoms with Gasteiger partial charge in [0.25, 0.3) is 0 Å². The van der Waals surface area contributed by atoms with Crippen LogP contribution in [0.4, 0.5) is 0 Å². The van der Waals surface area contributed by atoms with Gasteiger partial charge in [-0.15, -0.1) is 0 Å². The van der Waals surface area contributed by atoms with Crippen LogP contribution in [0.3, 0.4) is 0 Å². The molecule has 2 nitrogen and oxygen atoms in total. The quantitative estimate of drug-likeness (QED) is 0.562. The number of imidazole rings is 1. The molecular weight excluding hydrogens is 124 g/mol. The van der Waals surface area contributed by atoms with Crippen molar-refractivity contribution >= 4 is 5.57 Å². The molecule has 0 unspecified atom stereocenters. The molecule has 0 aromatic carbocycles. The molecule has 0 saturated heterocycles. The molecule has 1 rings (SSSR count). The van der Waals surface area contributed by atoms with Gasteiger partial charge in [-0.3, -0.25) is 0 Å². The lowest BCUT2D eigenvalue weighted by Gasteiger charge is -1.98. The number of hydrogen-bond acceptors (Lipinski definition) is 1. The lowest BCUT2D eigenvalue weighted by molar-refractivity contribution is 0.899. The molecule has 0 aliphatic carbocycles. The van der Waals surface area contributed by atoms with Crippen LogP contribution in [0.1, 0.15) is 5.69 Å². The second-order valence-corrected chi connectivity index (χ2v) is 2.12. The van der Waals surface area contributed by atoms with Gasteiger partial charge < -0.3 is 4.57 Å². The zero-order chi connectivity index (χ0) is 7.56. The van der Waals surface area contributed by atoms with Crippen LogP contribution in [-0.2, 0) is 7.05 Å². The average Bonchev–Trinajstić information content (AvgIpc) is 2.34. The first-order chi connectivity index (χ1) is 4.75. The minimum absolute atomic E-state index is 0.903. The first-order valence-electron chi connectivity index (χ1n) is 3.03. The lowest BCUT2D eigenvalue weighted by atomic mass is 10.2. The summed E-state index contributed by atoms with van der Waals surface area (Å²) in [5.74, 6) is 0. The van der Waals surface area contributed by atoms with Crippen molar-refractivity contribution in [2.24, 2.45) is 7.05 Å². The van der Waals surface area contributed by atoms with Gasteiger partial charge in [0.1, 0.15) is 0 Å². The molecule has 0 fully saturated rings. The number of nitrogens with zero attached hydrogens (tertiary/aromatic N) is 2. The first-order valence-corrected chi connectivity index (χ1v) is 3.03. The van der Waals surface area contributed by atoms with Crippen molar-refractivity contribution in [3.05, 3.63) is 37.5 Å². The number of hydrogen-bond donors (Lipinski definition) is 0. The standard InChI is InChI=1S/C8H10N2/c1-4-7(2)8-5-9-6-10(8)3/h4-6H,1-2H2,3H3. The summed E-state index contributed by atoms with van der Waals surface area (Å²) >= 11 is 0. The maximum Gasteiger partial charge on any atom is 0.0948 e. The molecule has 10 heavy (non-hydrogen) atoms. The van der Waals surface area contributed by atoms with Crippen LogP contribution >= 0.6 is 0 Å². The Morgan fingerprint density at radius 1 is 1.80 bits per heavy atom. The smallest absolute Gasteiger partial charge is 0.0948 e. The molecule has 2 heteroatoms. The SMILES string of the molecule is C=CC(=C)c1cncn1C. The molecule has 0 radical (unpaired) electrons. The normalized spacial score (nSPS) is 9.30. The van der Waals surface area contributed by atoms with E-state index in [4.69, 9.17) is 0 Å². The molecule has 1 heterocycles. The fourth-order valence-electron chi connectivity index (χ4n) is 0.771. The van der Waals surface area contributed by atoms with Crippen molar-refractivity contribution in [1.29, 1.82) is 0 Å². The second-order valence-electron chi connectivity index (χ2n) is 2.12. The van der Waals surface area contributed by atoms with Crippen LogP contribution in [-0.4, -0.2) is 9.55 Å². The van der Waals surface area contributed by atoms with Gasteiger partial charge in [-0.1, -0.05) is 19.2 Å². The Morgan fingerprint density at radius 3 is 2.90 bits per heavy atom. The van der Waals surface area contributed by atoms with E-state index in [0.29, 0.717) is 0 Å². The van der Waals surface area contributed by atoms with Crippen molar-refractivity contribution < 1.29 is 0 Å². The van der Waals surface area contributed by atoms with Gasteiger partial charge in [0.15, 0.2) is 0 Å². The highest BCUT2D eigenvalue weighted by Crippen LogP contribution is 2.09. The van der Waals surface area contributed by atoms with E-state index in [0.717, 1.165) is 11.3 Å². The number of allylic oxidation sites excluding steroid dienone is 2. The van der Waals surface area contributed by atoms with Crippen molar-refractivity contribution in [3.63, 3.8) is 0 Å². The van der Waals surface area contributed by atoms with Gasteiger partial charge in [0, 0.05) is 7.05 Å². The van der Waals surface area contributed by atoms with E-state index in [1.807, 2.05) is 11.6 Å². The van der Waals surface area contributed by atoms with Gasteiger partial charge in [-0.2, -0.15) is 0 Å². The molecule has 0 aliphatic heterocycles. The second kappa shape index (κ2) is 2.52. The van der Waals surface area contributed by atoms with E-state index in [2.05, 4.69) is 18.1 Å². The van der Waals surface area contributed by atoms with Crippen LogP contribution in [0.25, 0.3) is 5.57 Å². The molecule has 1 aromatic heterocycles. The molecule has 0 spiro atoms. The van der Waals surface area contributed by atoms with E-state index in [-0.39, 0.29) is 0 Å². The van der Waals surface area contributed by atoms with Crippen LogP contribution in [0.2, 0.25) is 0 Å². The Hall–Kier alpha value is -1.31. The summed E-state index contributed by atoms with van der Waals surface area (Å²) < 4.78 is 1.91. The summed E-state index contributed by atoms with van der Waals surface area (Å²) in [6, 6.07) is 0. The third-order valence-corrected chi connectivity index (χ3v) is 1.39. The summed E-state index contributed by atoms with van der Waals surface area (Å²) in [4.78, 5) is 3.95. The van der Waals surface area contributed by atoms with Crippen LogP contribution in [0.5, 0.6) is 0 Å². The van der Waals surface area contributed by atoms with E-state index < -0.39 is 0 Å². The van der Waals surface area contributed by atoms with Crippen LogP contribution < -0.4 is 0 Å². The molecule has 0 saturated carbocycles. The molecule has 1 aromatic rings. The molecular formula is C8H10N2. The molecule has 0 atom stereocenters. The highest BCUT2D eigenvalue weighted by atomic mass is 15.0. The minimum Gasteiger partial charge on any atom is -0.334 e. The van der Waals surface area contributed by atoms with E-state index in [1.165, 1.54) is 0 Å².